The van der Waals surface area contributed by atoms with Crippen LogP contribution in [0.15, 0.2) is 261 Å². The molecule has 8 atom stereocenters. The molecule has 4 nitrogen and oxygen atoms in total. The number of anilines is 4. The van der Waals surface area contributed by atoms with Crippen LogP contribution in [0.1, 0.15) is 95.9 Å². The van der Waals surface area contributed by atoms with Crippen LogP contribution < -0.4 is 19.6 Å². The van der Waals surface area contributed by atoms with Crippen molar-refractivity contribution in [2.45, 2.75) is 103 Å². The summed E-state index contributed by atoms with van der Waals surface area (Å²) in [6.07, 6.45) is 49.7. The molecule has 2 aliphatic heterocycles. The Bertz CT molecular complexity index is 3940. The monoisotopic (exact) mass is 1350 g/mol. The van der Waals surface area contributed by atoms with Crippen LogP contribution in [0.3, 0.4) is 0 Å². The van der Waals surface area contributed by atoms with E-state index in [9.17, 15) is 17.0 Å². The number of fused-ring (bicyclic) bond motifs is 8. The van der Waals surface area contributed by atoms with Gasteiger partial charge in [0.15, 0.2) is 0 Å². The molecule has 10 aliphatic rings. The molecule has 4 aromatic rings. The topological polar surface area (TPSA) is 13.0 Å². The van der Waals surface area contributed by atoms with Crippen LogP contribution >= 0.6 is 17.0 Å². The van der Waals surface area contributed by atoms with E-state index in [-0.39, 0.29) is 23.7 Å². The summed E-state index contributed by atoms with van der Waals surface area (Å²) in [5.74, 6) is -0.128. The summed E-state index contributed by atoms with van der Waals surface area (Å²) in [6.45, 7) is 24.8. The van der Waals surface area contributed by atoms with Crippen LogP contribution in [0.4, 0.5) is 22.7 Å². The van der Waals surface area contributed by atoms with Gasteiger partial charge in [0.05, 0.1) is 0 Å². The third-order valence-electron chi connectivity index (χ3n) is 25.4. The molecule has 9 heteroatoms. The van der Waals surface area contributed by atoms with Gasteiger partial charge < -0.3 is 0 Å². The predicted octanol–water partition coefficient (Wildman–Crippen LogP) is 20.2. The number of rotatable bonds is 8. The van der Waals surface area contributed by atoms with Crippen LogP contribution in [-0.2, 0) is 14.9 Å². The summed E-state index contributed by atoms with van der Waals surface area (Å²) in [5.41, 5.74) is 31.7. The minimum atomic E-state index is -7.63. The Hall–Kier alpha value is -6.18. The van der Waals surface area contributed by atoms with Crippen LogP contribution in [0, 0.1) is 27.7 Å². The molecule has 2 heterocycles. The van der Waals surface area contributed by atoms with Crippen molar-refractivity contribution in [1.82, 2.24) is 0 Å². The van der Waals surface area contributed by atoms with Gasteiger partial charge in [-0.15, -0.1) is 0 Å². The standard InChI is InChI=1S/2C41H46N2Si.2ClH.Zr/c2*1-26-22-30(18-20-38(26)42(5)6)32-14-10-12-16-34-36(32)24-28(3)40(34)44(9)41-29(4)25-37-33(15-11-13-17-35(37)41)31-19-21-39(43(7)8)27(2)23-31;;;/h2*10-25,32-33,44H,1-9H3;2*1H;/q;;;;+2/p-2. The second kappa shape index (κ2) is 20.7. The SMILES string of the molecule is CC1=CC2=C(C=CC=CC2c2ccc(N(C)C)c(C)c2)[C]12[SiH](C)[C]1(C(C)=CC3=C1C=CC=CC3c1ccc(N(C)C)c(C)c1)[Zr]21([Cl])([Cl])[C]2(C(C)=CC3=C2C=CC=CC3c2ccc(N(C)C)c(C)c2)[SiH](C)[C]12C(C)=CC1=C2C=CC=CC1c1ccc(N(C)C)c(C)c1. The van der Waals surface area contributed by atoms with Gasteiger partial charge in [-0.25, -0.2) is 0 Å². The van der Waals surface area contributed by atoms with E-state index in [1.54, 1.807) is 0 Å². The Morgan fingerprint density at radius 3 is 0.725 bits per heavy atom. The van der Waals surface area contributed by atoms with Gasteiger partial charge in [-0.3, -0.25) is 0 Å². The molecule has 8 aliphatic carbocycles. The van der Waals surface area contributed by atoms with Crippen LogP contribution in [0.25, 0.3) is 0 Å². The van der Waals surface area contributed by atoms with E-state index in [0.717, 1.165) is 0 Å². The van der Waals surface area contributed by atoms with Crippen molar-refractivity contribution in [2.24, 2.45) is 0 Å². The molecule has 0 bridgehead atoms. The number of nitrogens with zero attached hydrogens (tertiary/aromatic N) is 4. The van der Waals surface area contributed by atoms with Gasteiger partial charge >= 0.3 is 557 Å². The molecule has 4 aromatic carbocycles. The van der Waals surface area contributed by atoms with Crippen molar-refractivity contribution in [3.8, 4) is 0 Å². The second-order valence-electron chi connectivity index (χ2n) is 29.7. The quantitative estimate of drug-likeness (QED) is 0.163. The van der Waals surface area contributed by atoms with E-state index in [4.69, 9.17) is 0 Å². The normalized spacial score (nSPS) is 31.9. The van der Waals surface area contributed by atoms with Gasteiger partial charge in [0, 0.05) is 0 Å². The van der Waals surface area contributed by atoms with Gasteiger partial charge in [-0.05, 0) is 0 Å². The summed E-state index contributed by atoms with van der Waals surface area (Å²) in [6, 6.07) is 28.7. The molecule has 0 amide bonds. The zero-order valence-corrected chi connectivity index (χ0v) is 63.3. The Labute approximate surface area is 552 Å². The zero-order valence-electron chi connectivity index (χ0n) is 57.0. The Kier molecular flexibility index (Phi) is 14.1. The van der Waals surface area contributed by atoms with Crippen molar-refractivity contribution in [2.75, 3.05) is 76.0 Å². The Balaban J connectivity index is 1.18. The first-order valence-corrected chi connectivity index (χ1v) is 49.1. The fourth-order valence-electron chi connectivity index (χ4n) is 23.4. The van der Waals surface area contributed by atoms with Crippen molar-refractivity contribution in [3.05, 3.63) is 306 Å². The summed E-state index contributed by atoms with van der Waals surface area (Å²) in [5, 5.41) is 0. The number of allylic oxidation sites excluding steroid dienone is 32. The summed E-state index contributed by atoms with van der Waals surface area (Å²) in [4.78, 5) is 8.96. The first-order chi connectivity index (χ1) is 43.2. The molecule has 2 fully saturated rings. The molecule has 91 heavy (non-hydrogen) atoms. The van der Waals surface area contributed by atoms with Crippen molar-refractivity contribution < 1.29 is 14.9 Å². The van der Waals surface area contributed by atoms with Gasteiger partial charge in [-0.1, -0.05) is 0 Å². The molecular formula is C82H92Cl2N4Si2Zr. The molecule has 2 saturated heterocycles. The maximum absolute atomic E-state index is 11.5. The molecule has 0 radical (unpaired) electrons. The maximum atomic E-state index is 11.5. The van der Waals surface area contributed by atoms with Crippen molar-refractivity contribution in [1.29, 1.82) is 0 Å². The number of hydrogen-bond donors (Lipinski definition) is 0. The Morgan fingerprint density at radius 2 is 0.538 bits per heavy atom. The minimum absolute atomic E-state index is 0.0320. The number of aryl methyl sites for hydroxylation is 4. The summed E-state index contributed by atoms with van der Waals surface area (Å²) < 4.78 is -2.84. The average Bonchev–Trinajstić information content (AvgIpc) is 1.53. The van der Waals surface area contributed by atoms with E-state index >= 15 is 0 Å². The average molecular weight is 1350 g/mol. The molecule has 0 aromatic heterocycles. The first-order valence-electron chi connectivity index (χ1n) is 33.2. The van der Waals surface area contributed by atoms with Crippen molar-refractivity contribution >= 4 is 57.4 Å². The van der Waals surface area contributed by atoms with E-state index < -0.39 is 43.5 Å². The third-order valence-corrected chi connectivity index (χ3v) is 110. The van der Waals surface area contributed by atoms with Crippen LogP contribution in [0.2, 0.25) is 24.1 Å². The molecule has 0 saturated carbocycles. The molecule has 14 rings (SSSR count). The second-order valence-corrected chi connectivity index (χ2v) is 69.5. The molecule has 466 valence electrons. The van der Waals surface area contributed by atoms with Gasteiger partial charge in [0.25, 0.3) is 0 Å². The number of hydrogen-bond acceptors (Lipinski definition) is 4. The molecule has 5 spiro atoms. The van der Waals surface area contributed by atoms with Gasteiger partial charge in [-0.2, -0.15) is 0 Å². The van der Waals surface area contributed by atoms with E-state index in [2.05, 4.69) is 339 Å². The van der Waals surface area contributed by atoms with Crippen molar-refractivity contribution in [3.63, 3.8) is 0 Å². The molecule has 8 unspecified atom stereocenters. The third kappa shape index (κ3) is 6.87. The van der Waals surface area contributed by atoms with Gasteiger partial charge in [0.1, 0.15) is 0 Å². The summed E-state index contributed by atoms with van der Waals surface area (Å²) >= 11 is -7.63. The Morgan fingerprint density at radius 1 is 0.330 bits per heavy atom. The van der Waals surface area contributed by atoms with E-state index in [0.29, 0.717) is 0 Å². The van der Waals surface area contributed by atoms with E-state index in [1.807, 2.05) is 0 Å². The predicted molar refractivity (Wildman–Crippen MR) is 398 cm³/mol. The van der Waals surface area contributed by atoms with Crippen LogP contribution in [-0.4, -0.2) is 74.0 Å². The number of halogens is 2. The molecular weight excluding hydrogens is 1260 g/mol. The number of benzene rings is 4. The first kappa shape index (κ1) is 62.3. The van der Waals surface area contributed by atoms with E-state index in [1.165, 1.54) is 134 Å². The fourth-order valence-corrected chi connectivity index (χ4v) is 147. The summed E-state index contributed by atoms with van der Waals surface area (Å²) in [7, 11) is 35.1. The zero-order chi connectivity index (χ0) is 64.7. The molecule has 0 N–H and O–H groups in total. The van der Waals surface area contributed by atoms with Gasteiger partial charge in [0.2, 0.25) is 0 Å². The fraction of sp³-hybridized carbons (Fsp3) is 0.317. The van der Waals surface area contributed by atoms with Crippen LogP contribution in [0.5, 0.6) is 0 Å².